The van der Waals surface area contributed by atoms with E-state index in [9.17, 15) is 14.3 Å². The molecule has 3 rings (SSSR count). The van der Waals surface area contributed by atoms with Gasteiger partial charge in [-0.05, 0) is 32.9 Å². The maximum Gasteiger partial charge on any atom is 0.410 e. The number of rotatable bonds is 1. The highest BCUT2D eigenvalue weighted by Gasteiger charge is 2.50. The number of carbonyl (C=O) groups excluding carboxylic acids is 1. The standard InChI is InChI=1S/C19H23FN2O4/c1-18(2,3)26-17(23)22-13-7-19(24,8-14(22)11-25-10-13)15-5-4-12(9-21)6-16(15)20/h4-6,13-14,24H,7-8,10-11H2,1-3H3. The molecule has 0 aromatic heterocycles. The minimum Gasteiger partial charge on any atom is -0.444 e. The fourth-order valence-electron chi connectivity index (χ4n) is 3.77. The summed E-state index contributed by atoms with van der Waals surface area (Å²) in [5, 5.41) is 20.1. The SMILES string of the molecule is CC(C)(C)OC(=O)N1C2COCC1CC(O)(c1ccc(C#N)cc1F)C2. The minimum absolute atomic E-state index is 0.144. The zero-order valence-corrected chi connectivity index (χ0v) is 15.2. The van der Waals surface area contributed by atoms with Gasteiger partial charge >= 0.3 is 6.09 Å². The van der Waals surface area contributed by atoms with E-state index in [0.717, 1.165) is 6.07 Å². The summed E-state index contributed by atoms with van der Waals surface area (Å²) in [6.07, 6.45) is -0.157. The molecule has 6 nitrogen and oxygen atoms in total. The first-order chi connectivity index (χ1) is 12.1. The van der Waals surface area contributed by atoms with E-state index in [0.29, 0.717) is 0 Å². The van der Waals surface area contributed by atoms with Gasteiger partial charge in [0, 0.05) is 18.4 Å². The van der Waals surface area contributed by atoms with Gasteiger partial charge in [-0.3, -0.25) is 4.90 Å². The van der Waals surface area contributed by atoms with Gasteiger partial charge in [0.15, 0.2) is 0 Å². The van der Waals surface area contributed by atoms with E-state index in [1.54, 1.807) is 25.7 Å². The van der Waals surface area contributed by atoms with Crippen molar-refractivity contribution in [3.05, 3.63) is 35.1 Å². The molecular weight excluding hydrogens is 339 g/mol. The third-order valence-corrected chi connectivity index (χ3v) is 4.76. The monoisotopic (exact) mass is 362 g/mol. The average Bonchev–Trinajstić information content (AvgIpc) is 2.51. The van der Waals surface area contributed by atoms with Gasteiger partial charge in [-0.1, -0.05) is 6.07 Å². The quantitative estimate of drug-likeness (QED) is 0.830. The first-order valence-corrected chi connectivity index (χ1v) is 8.64. The van der Waals surface area contributed by atoms with Crippen LogP contribution in [0.2, 0.25) is 0 Å². The molecule has 7 heteroatoms. The average molecular weight is 362 g/mol. The van der Waals surface area contributed by atoms with Gasteiger partial charge in [0.05, 0.1) is 42.5 Å². The number of halogens is 1. The summed E-state index contributed by atoms with van der Waals surface area (Å²) >= 11 is 0. The summed E-state index contributed by atoms with van der Waals surface area (Å²) in [6.45, 7) is 5.91. The number of fused-ring (bicyclic) bond motifs is 2. The second-order valence-corrected chi connectivity index (χ2v) is 7.98. The van der Waals surface area contributed by atoms with Gasteiger partial charge in [-0.15, -0.1) is 0 Å². The lowest BCUT2D eigenvalue weighted by molar-refractivity contribution is -0.142. The predicted molar refractivity (Wildman–Crippen MR) is 90.7 cm³/mol. The van der Waals surface area contributed by atoms with Crippen molar-refractivity contribution in [3.8, 4) is 6.07 Å². The molecule has 2 heterocycles. The highest BCUT2D eigenvalue weighted by molar-refractivity contribution is 5.69. The molecule has 2 atom stereocenters. The molecule has 0 radical (unpaired) electrons. The van der Waals surface area contributed by atoms with Crippen LogP contribution in [0.5, 0.6) is 0 Å². The number of benzene rings is 1. The fraction of sp³-hybridized carbons (Fsp3) is 0.579. The number of amides is 1. The summed E-state index contributed by atoms with van der Waals surface area (Å²) in [7, 11) is 0. The predicted octanol–water partition coefficient (Wildman–Crippen LogP) is 2.68. The Labute approximate surface area is 152 Å². The van der Waals surface area contributed by atoms with Gasteiger partial charge in [-0.2, -0.15) is 5.26 Å². The van der Waals surface area contributed by atoms with E-state index >= 15 is 0 Å². The Hall–Kier alpha value is -2.17. The molecule has 26 heavy (non-hydrogen) atoms. The fourth-order valence-corrected chi connectivity index (χ4v) is 3.77. The Morgan fingerprint density at radius 2 is 2.00 bits per heavy atom. The van der Waals surface area contributed by atoms with Gasteiger partial charge in [-0.25, -0.2) is 9.18 Å². The number of aliphatic hydroxyl groups is 1. The molecule has 2 fully saturated rings. The second kappa shape index (κ2) is 6.53. The van der Waals surface area contributed by atoms with Gasteiger partial charge in [0.2, 0.25) is 0 Å². The van der Waals surface area contributed by atoms with Crippen LogP contribution in [0.1, 0.15) is 44.7 Å². The van der Waals surface area contributed by atoms with Crippen LogP contribution in [-0.4, -0.2) is 47.0 Å². The smallest absolute Gasteiger partial charge is 0.410 e. The van der Waals surface area contributed by atoms with Gasteiger partial charge < -0.3 is 14.6 Å². The zero-order chi connectivity index (χ0) is 19.1. The summed E-state index contributed by atoms with van der Waals surface area (Å²) in [5.41, 5.74) is -1.70. The van der Waals surface area contributed by atoms with Crippen LogP contribution in [-0.2, 0) is 15.1 Å². The molecule has 1 amide bonds. The minimum atomic E-state index is -1.42. The van der Waals surface area contributed by atoms with Crippen molar-refractivity contribution in [2.24, 2.45) is 0 Å². The Morgan fingerprint density at radius 1 is 1.38 bits per heavy atom. The van der Waals surface area contributed by atoms with Gasteiger partial charge in [0.1, 0.15) is 11.4 Å². The van der Waals surface area contributed by atoms with Crippen molar-refractivity contribution in [2.45, 2.75) is 56.9 Å². The van der Waals surface area contributed by atoms with Crippen LogP contribution in [0.25, 0.3) is 0 Å². The Kier molecular flexibility index (Phi) is 4.67. The van der Waals surface area contributed by atoms with Gasteiger partial charge in [0.25, 0.3) is 0 Å². The van der Waals surface area contributed by atoms with Crippen molar-refractivity contribution < 1.29 is 23.8 Å². The maximum atomic E-state index is 14.5. The van der Waals surface area contributed by atoms with Crippen LogP contribution in [0.3, 0.4) is 0 Å². The van der Waals surface area contributed by atoms with E-state index in [1.807, 2.05) is 6.07 Å². The second-order valence-electron chi connectivity index (χ2n) is 7.98. The third-order valence-electron chi connectivity index (χ3n) is 4.76. The van der Waals surface area contributed by atoms with E-state index in [4.69, 9.17) is 14.7 Å². The Bertz CT molecular complexity index is 739. The molecule has 0 spiro atoms. The largest absolute Gasteiger partial charge is 0.444 e. The van der Waals surface area contributed by atoms with E-state index in [-0.39, 0.29) is 37.2 Å². The number of nitrogens with zero attached hydrogens (tertiary/aromatic N) is 2. The Morgan fingerprint density at radius 3 is 2.50 bits per heavy atom. The summed E-state index contributed by atoms with van der Waals surface area (Å²) in [5.74, 6) is -0.615. The summed E-state index contributed by atoms with van der Waals surface area (Å²) in [4.78, 5) is 14.2. The number of piperidine rings is 1. The Balaban J connectivity index is 1.87. The first kappa shape index (κ1) is 18.6. The van der Waals surface area contributed by atoms with E-state index in [2.05, 4.69) is 0 Å². The lowest BCUT2D eigenvalue weighted by atomic mass is 9.76. The zero-order valence-electron chi connectivity index (χ0n) is 15.2. The molecule has 0 aliphatic carbocycles. The van der Waals surface area contributed by atoms with E-state index in [1.165, 1.54) is 12.1 Å². The number of hydrogen-bond acceptors (Lipinski definition) is 5. The highest BCUT2D eigenvalue weighted by Crippen LogP contribution is 2.42. The van der Waals surface area contributed by atoms with Crippen molar-refractivity contribution in [3.63, 3.8) is 0 Å². The molecule has 2 saturated heterocycles. The van der Waals surface area contributed by atoms with Crippen molar-refractivity contribution in [1.29, 1.82) is 5.26 Å². The number of carbonyl (C=O) groups is 1. The van der Waals surface area contributed by atoms with Crippen LogP contribution in [0.15, 0.2) is 18.2 Å². The van der Waals surface area contributed by atoms with Crippen molar-refractivity contribution >= 4 is 6.09 Å². The molecule has 2 bridgehead atoms. The topological polar surface area (TPSA) is 82.8 Å². The van der Waals surface area contributed by atoms with Crippen LogP contribution < -0.4 is 0 Å². The van der Waals surface area contributed by atoms with Crippen molar-refractivity contribution in [2.75, 3.05) is 13.2 Å². The third kappa shape index (κ3) is 3.53. The molecule has 2 unspecified atom stereocenters. The van der Waals surface area contributed by atoms with Crippen LogP contribution in [0, 0.1) is 17.1 Å². The molecule has 1 aromatic rings. The lowest BCUT2D eigenvalue weighted by Crippen LogP contribution is -2.63. The number of hydrogen-bond donors (Lipinski definition) is 1. The molecule has 1 N–H and O–H groups in total. The summed E-state index contributed by atoms with van der Waals surface area (Å²) < 4.78 is 25.5. The highest BCUT2D eigenvalue weighted by atomic mass is 19.1. The van der Waals surface area contributed by atoms with Crippen molar-refractivity contribution in [1.82, 2.24) is 4.90 Å². The molecule has 1 aromatic carbocycles. The molecule has 140 valence electrons. The van der Waals surface area contributed by atoms with Crippen LogP contribution in [0.4, 0.5) is 9.18 Å². The van der Waals surface area contributed by atoms with Crippen LogP contribution >= 0.6 is 0 Å². The summed E-state index contributed by atoms with van der Waals surface area (Å²) in [6, 6.07) is 5.14. The lowest BCUT2D eigenvalue weighted by Gasteiger charge is -2.51. The number of ether oxygens (including phenoxy) is 2. The molecular formula is C19H23FN2O4. The molecule has 2 aliphatic heterocycles. The normalized spacial score (nSPS) is 28.4. The first-order valence-electron chi connectivity index (χ1n) is 8.64. The number of morpholine rings is 1. The maximum absolute atomic E-state index is 14.5. The number of nitriles is 1. The molecule has 0 saturated carbocycles. The van der Waals surface area contributed by atoms with E-state index < -0.39 is 35.2 Å². The molecule has 2 aliphatic rings.